The van der Waals surface area contributed by atoms with Crippen molar-refractivity contribution in [3.8, 4) is 0 Å². The maximum Gasteiger partial charge on any atom is 0.147 e. The number of benzene rings is 2. The molecule has 2 aromatic rings. The largest absolute Gasteiger partial charge is 0.375 e. The van der Waals surface area contributed by atoms with Crippen molar-refractivity contribution in [3.05, 3.63) is 74.4 Å². The molecule has 2 aliphatic rings. The average Bonchev–Trinajstić information content (AvgIpc) is 2.97. The van der Waals surface area contributed by atoms with Gasteiger partial charge in [-0.1, -0.05) is 56.1 Å². The molecule has 0 spiro atoms. The van der Waals surface area contributed by atoms with Crippen molar-refractivity contribution in [2.24, 2.45) is 5.92 Å². The molecule has 3 atom stereocenters. The Labute approximate surface area is 145 Å². The fourth-order valence-electron chi connectivity index (χ4n) is 3.62. The van der Waals surface area contributed by atoms with E-state index in [9.17, 15) is 4.39 Å². The molecular formula is C18H14Br2FN. The maximum absolute atomic E-state index is 14.4. The van der Waals surface area contributed by atoms with Crippen LogP contribution in [0.4, 0.5) is 10.1 Å². The fraction of sp³-hybridized carbons (Fsp3) is 0.222. The number of halogens is 3. The molecule has 4 heteroatoms. The lowest BCUT2D eigenvalue weighted by molar-refractivity contribution is 0.420. The van der Waals surface area contributed by atoms with Crippen LogP contribution >= 0.6 is 31.9 Å². The van der Waals surface area contributed by atoms with Gasteiger partial charge in [-0.15, -0.1) is 0 Å². The molecule has 0 saturated carbocycles. The molecule has 1 aliphatic heterocycles. The van der Waals surface area contributed by atoms with Crippen LogP contribution in [0, 0.1) is 11.7 Å². The molecule has 4 rings (SSSR count). The minimum absolute atomic E-state index is 0.135. The zero-order chi connectivity index (χ0) is 15.3. The first kappa shape index (κ1) is 14.5. The SMILES string of the molecule is Fc1cc(Br)cc2c1N[C@H](c1ccc(Br)cc1)[C@@H]1CC=C[C@H]21. The molecule has 2 aromatic carbocycles. The number of hydrogen-bond acceptors (Lipinski definition) is 1. The first-order chi connectivity index (χ1) is 10.6. The molecule has 0 saturated heterocycles. The number of fused-ring (bicyclic) bond motifs is 3. The van der Waals surface area contributed by atoms with E-state index in [1.807, 2.05) is 18.2 Å². The number of hydrogen-bond donors (Lipinski definition) is 1. The minimum Gasteiger partial charge on any atom is -0.375 e. The smallest absolute Gasteiger partial charge is 0.147 e. The normalized spacial score (nSPS) is 25.5. The van der Waals surface area contributed by atoms with Crippen molar-refractivity contribution in [3.63, 3.8) is 0 Å². The minimum atomic E-state index is -0.190. The molecule has 112 valence electrons. The van der Waals surface area contributed by atoms with Crippen LogP contribution in [-0.4, -0.2) is 0 Å². The first-order valence-electron chi connectivity index (χ1n) is 7.31. The number of rotatable bonds is 1. The lowest BCUT2D eigenvalue weighted by atomic mass is 9.77. The summed E-state index contributed by atoms with van der Waals surface area (Å²) in [5, 5.41) is 3.45. The van der Waals surface area contributed by atoms with Crippen molar-refractivity contribution < 1.29 is 4.39 Å². The van der Waals surface area contributed by atoms with Gasteiger partial charge in [-0.3, -0.25) is 0 Å². The summed E-state index contributed by atoms with van der Waals surface area (Å²) in [6, 6.07) is 12.0. The van der Waals surface area contributed by atoms with Gasteiger partial charge in [-0.25, -0.2) is 4.39 Å². The third-order valence-corrected chi connectivity index (χ3v) is 5.60. The third kappa shape index (κ3) is 2.33. The molecule has 22 heavy (non-hydrogen) atoms. The summed E-state index contributed by atoms with van der Waals surface area (Å²) in [7, 11) is 0. The molecule has 1 N–H and O–H groups in total. The third-order valence-electron chi connectivity index (χ3n) is 4.61. The van der Waals surface area contributed by atoms with Gasteiger partial charge in [0.15, 0.2) is 0 Å². The van der Waals surface area contributed by atoms with Crippen molar-refractivity contribution >= 4 is 37.5 Å². The topological polar surface area (TPSA) is 12.0 Å². The molecule has 0 aromatic heterocycles. The van der Waals surface area contributed by atoms with E-state index in [4.69, 9.17) is 0 Å². The highest BCUT2D eigenvalue weighted by Crippen LogP contribution is 2.51. The Hall–Kier alpha value is -1.13. The van der Waals surface area contributed by atoms with Gasteiger partial charge in [0.05, 0.1) is 11.7 Å². The van der Waals surface area contributed by atoms with Gasteiger partial charge in [0, 0.05) is 14.9 Å². The molecule has 1 nitrogen and oxygen atoms in total. The van der Waals surface area contributed by atoms with Gasteiger partial charge in [0.25, 0.3) is 0 Å². The molecule has 0 radical (unpaired) electrons. The van der Waals surface area contributed by atoms with Gasteiger partial charge in [-0.05, 0) is 47.7 Å². The van der Waals surface area contributed by atoms with Gasteiger partial charge in [0.2, 0.25) is 0 Å². The Morgan fingerprint density at radius 2 is 1.82 bits per heavy atom. The van der Waals surface area contributed by atoms with E-state index >= 15 is 0 Å². The van der Waals surface area contributed by atoms with E-state index in [1.54, 1.807) is 0 Å². The van der Waals surface area contributed by atoms with Crippen LogP contribution in [0.25, 0.3) is 0 Å². The van der Waals surface area contributed by atoms with Gasteiger partial charge in [0.1, 0.15) is 5.82 Å². The molecule has 0 bridgehead atoms. The van der Waals surface area contributed by atoms with Crippen molar-refractivity contribution in [1.29, 1.82) is 0 Å². The van der Waals surface area contributed by atoms with Crippen LogP contribution in [0.15, 0.2) is 57.5 Å². The highest BCUT2D eigenvalue weighted by atomic mass is 79.9. The van der Waals surface area contributed by atoms with E-state index in [-0.39, 0.29) is 17.8 Å². The summed E-state index contributed by atoms with van der Waals surface area (Å²) >= 11 is 6.88. The summed E-state index contributed by atoms with van der Waals surface area (Å²) in [5.41, 5.74) is 2.90. The van der Waals surface area contributed by atoms with E-state index in [0.717, 1.165) is 20.9 Å². The van der Waals surface area contributed by atoms with E-state index in [2.05, 4.69) is 61.5 Å². The zero-order valence-corrected chi connectivity index (χ0v) is 14.9. The van der Waals surface area contributed by atoms with Crippen LogP contribution in [0.3, 0.4) is 0 Å². The quantitative estimate of drug-likeness (QED) is 0.541. The highest BCUT2D eigenvalue weighted by Gasteiger charge is 2.39. The zero-order valence-electron chi connectivity index (χ0n) is 11.7. The highest BCUT2D eigenvalue weighted by molar-refractivity contribution is 9.10. The van der Waals surface area contributed by atoms with Crippen LogP contribution < -0.4 is 5.32 Å². The second kappa shape index (κ2) is 5.50. The number of allylic oxidation sites excluding steroid dienone is 2. The van der Waals surface area contributed by atoms with Gasteiger partial charge < -0.3 is 5.32 Å². The maximum atomic E-state index is 14.4. The second-order valence-electron chi connectivity index (χ2n) is 5.88. The molecular weight excluding hydrogens is 409 g/mol. The number of nitrogens with one attached hydrogen (secondary N) is 1. The van der Waals surface area contributed by atoms with Crippen LogP contribution in [0.5, 0.6) is 0 Å². The number of anilines is 1. The summed E-state index contributed by atoms with van der Waals surface area (Å²) in [6.07, 6.45) is 5.46. The van der Waals surface area contributed by atoms with Crippen LogP contribution in [0.1, 0.15) is 29.5 Å². The Balaban J connectivity index is 1.82. The lowest BCUT2D eigenvalue weighted by Crippen LogP contribution is -2.29. The molecule has 1 heterocycles. The van der Waals surface area contributed by atoms with Crippen LogP contribution in [0.2, 0.25) is 0 Å². The molecule has 0 amide bonds. The van der Waals surface area contributed by atoms with Crippen molar-refractivity contribution in [2.75, 3.05) is 5.32 Å². The van der Waals surface area contributed by atoms with Crippen molar-refractivity contribution in [1.82, 2.24) is 0 Å². The second-order valence-corrected chi connectivity index (χ2v) is 7.71. The van der Waals surface area contributed by atoms with E-state index < -0.39 is 0 Å². The van der Waals surface area contributed by atoms with Crippen LogP contribution in [-0.2, 0) is 0 Å². The lowest BCUT2D eigenvalue weighted by Gasteiger charge is -2.37. The predicted molar refractivity (Wildman–Crippen MR) is 94.6 cm³/mol. The predicted octanol–water partition coefficient (Wildman–Crippen LogP) is 6.18. The molecule has 0 unspecified atom stereocenters. The monoisotopic (exact) mass is 421 g/mol. The summed E-state index contributed by atoms with van der Waals surface area (Å²) in [4.78, 5) is 0. The van der Waals surface area contributed by atoms with E-state index in [0.29, 0.717) is 11.6 Å². The average molecular weight is 423 g/mol. The van der Waals surface area contributed by atoms with Gasteiger partial charge >= 0.3 is 0 Å². The fourth-order valence-corrected chi connectivity index (χ4v) is 4.33. The Morgan fingerprint density at radius 1 is 1.05 bits per heavy atom. The Morgan fingerprint density at radius 3 is 2.59 bits per heavy atom. The summed E-state index contributed by atoms with van der Waals surface area (Å²) in [6.45, 7) is 0. The Kier molecular flexibility index (Phi) is 3.61. The molecule has 0 fully saturated rings. The van der Waals surface area contributed by atoms with Crippen molar-refractivity contribution in [2.45, 2.75) is 18.4 Å². The summed E-state index contributed by atoms with van der Waals surface area (Å²) < 4.78 is 16.3. The van der Waals surface area contributed by atoms with Gasteiger partial charge in [-0.2, -0.15) is 0 Å². The summed E-state index contributed by atoms with van der Waals surface area (Å²) in [5.74, 6) is 0.518. The molecule has 1 aliphatic carbocycles. The van der Waals surface area contributed by atoms with E-state index in [1.165, 1.54) is 11.6 Å². The standard InChI is InChI=1S/C18H14Br2FN/c19-11-6-4-10(5-7-11)17-14-3-1-2-13(14)15-8-12(20)9-16(21)18(15)22-17/h1-2,4-9,13-14,17,22H,3H2/t13-,14+,17+/m0/s1. The Bertz CT molecular complexity index is 754. The first-order valence-corrected chi connectivity index (χ1v) is 8.89.